The molecular weight excluding hydrogens is 1210 g/mol. The number of rotatable bonds is 21. The third kappa shape index (κ3) is 14.4. The third-order valence-electron chi connectivity index (χ3n) is 23.5. The number of allylic oxidation sites excluding steroid dienone is 1. The van der Waals surface area contributed by atoms with Gasteiger partial charge in [-0.3, -0.25) is 4.79 Å². The zero-order valence-electron chi connectivity index (χ0n) is 57.4. The lowest BCUT2D eigenvalue weighted by molar-refractivity contribution is -0.355. The Morgan fingerprint density at radius 2 is 0.882 bits per heavy atom. The maximum Gasteiger partial charge on any atom is 0.338 e. The van der Waals surface area contributed by atoms with Gasteiger partial charge in [0.25, 0.3) is 0 Å². The molecule has 1 aromatic carbocycles. The molecular formula is C70H108O23. The molecule has 2 N–H and O–H groups in total. The van der Waals surface area contributed by atoms with E-state index in [1.807, 2.05) is 59.7 Å². The summed E-state index contributed by atoms with van der Waals surface area (Å²) in [5.74, 6) is -0.861. The predicted octanol–water partition coefficient (Wildman–Crippen LogP) is 7.68. The molecule has 10 aliphatic rings. The normalized spacial score (nSPS) is 48.6. The predicted molar refractivity (Wildman–Crippen MR) is 332 cm³/mol. The quantitative estimate of drug-likeness (QED) is 0.0884. The van der Waals surface area contributed by atoms with Gasteiger partial charge in [-0.15, -0.1) is 0 Å². The SMILES string of the molecule is CO[C@H]1C[C@H](O[C@@H]2[C@@H](C)O[C@@H](O[C@@H]3[C@@H](C)O[C@@H](O[C@@H]4[C@@H](C)O[C@@H](O[C@H]5CC[C@@]6(C)C(=CC[C@@H]7[C@@H]6C[C@@H](OC(=O)c6ccccc6)[C@]6(C)[C@H](C(C)=O)CC[C@]76O)C5)C[C@H]4OC)C[C@H]3OC)C[C@H]2OC)O[C@H](C)[C@H]1O[C@H]1C[C@@H](OC)[C@H](O[C@H]2C[C@@H](OC)[C@H](O)[C@@H](C)O2)[C@@H](C)O1. The maximum absolute atomic E-state index is 13.8. The van der Waals surface area contributed by atoms with E-state index in [4.69, 9.17) is 90.0 Å². The Balaban J connectivity index is 0.646. The standard InChI is InChI=1S/C70H108O23/c1-35(71)45-24-26-70(74)46-22-21-43-27-44(23-25-68(43,8)47(46)28-54(69(45,70)9)88-67(73)42-19-17-16-18-20-42)87-55-30-49(76-11)62(37(3)82-55)90-57-32-51(78-13)64(39(5)84-57)92-59-34-53(80-15)66(41(7)86-59)93-60-33-52(79-14)65(40(6)85-60)91-58-31-50(77-12)63(38(4)83-58)89-56-29-48(75-10)61(72)36(2)81-56/h16-21,36-41,44-66,72,74H,22-34H2,1-15H3/t36-,37-,38-,39-,40-,41-,44+,45+,46-,47+,48-,49-,50-,51-,52+,53-,54-,55+,56+,57+,58+,59+,60+,61-,62-,63-,64-,65-,66-,68+,69+,70+/m1/s1. The molecule has 11 rings (SSSR count). The second kappa shape index (κ2) is 30.0. The van der Waals surface area contributed by atoms with Crippen molar-refractivity contribution >= 4 is 11.8 Å². The number of ether oxygens (including phenoxy) is 19. The number of benzene rings is 1. The molecule has 4 aliphatic carbocycles. The van der Waals surface area contributed by atoms with E-state index in [1.165, 1.54) is 5.57 Å². The number of esters is 1. The van der Waals surface area contributed by atoms with Crippen LogP contribution in [0.15, 0.2) is 42.0 Å². The summed E-state index contributed by atoms with van der Waals surface area (Å²) < 4.78 is 121. The van der Waals surface area contributed by atoms with Crippen molar-refractivity contribution in [3.63, 3.8) is 0 Å². The highest BCUT2D eigenvalue weighted by molar-refractivity contribution is 5.89. The molecule has 93 heavy (non-hydrogen) atoms. The number of carbonyl (C=O) groups is 2. The van der Waals surface area contributed by atoms with Gasteiger partial charge in [0.05, 0.1) is 90.5 Å². The molecule has 0 spiro atoms. The van der Waals surface area contributed by atoms with E-state index in [1.54, 1.807) is 68.6 Å². The van der Waals surface area contributed by atoms with Crippen LogP contribution in [0.25, 0.3) is 0 Å². The average Bonchev–Trinajstić information content (AvgIpc) is 1.63. The highest BCUT2D eigenvalue weighted by Gasteiger charge is 2.72. The summed E-state index contributed by atoms with van der Waals surface area (Å²) in [6.45, 7) is 17.4. The van der Waals surface area contributed by atoms with Gasteiger partial charge in [-0.05, 0) is 123 Å². The fraction of sp³-hybridized carbons (Fsp3) is 0.857. The molecule has 0 radical (unpaired) electrons. The van der Waals surface area contributed by atoms with Gasteiger partial charge in [-0.2, -0.15) is 0 Å². The van der Waals surface area contributed by atoms with Gasteiger partial charge in [0.15, 0.2) is 37.7 Å². The number of aliphatic hydroxyl groups is 2. The van der Waals surface area contributed by atoms with E-state index in [9.17, 15) is 19.8 Å². The summed E-state index contributed by atoms with van der Waals surface area (Å²) in [6.07, 6.45) is -3.47. The minimum absolute atomic E-state index is 0.0292. The van der Waals surface area contributed by atoms with Crippen molar-refractivity contribution < 1.29 is 110 Å². The summed E-state index contributed by atoms with van der Waals surface area (Å²) in [7, 11) is 9.87. The Hall–Kier alpha value is -2.70. The molecule has 3 saturated carbocycles. The number of hydrogen-bond acceptors (Lipinski definition) is 23. The summed E-state index contributed by atoms with van der Waals surface area (Å²) in [5, 5.41) is 23.5. The topological polar surface area (TPSA) is 250 Å². The summed E-state index contributed by atoms with van der Waals surface area (Å²) in [4.78, 5) is 27.1. The van der Waals surface area contributed by atoms with Crippen LogP contribution in [-0.4, -0.2) is 230 Å². The van der Waals surface area contributed by atoms with E-state index in [0.717, 1.165) is 12.8 Å². The van der Waals surface area contributed by atoms with Crippen LogP contribution in [0.1, 0.15) is 156 Å². The lowest BCUT2D eigenvalue weighted by Gasteiger charge is -2.63. The van der Waals surface area contributed by atoms with E-state index in [0.29, 0.717) is 76.2 Å². The second-order valence-electron chi connectivity index (χ2n) is 28.7. The van der Waals surface area contributed by atoms with Crippen LogP contribution < -0.4 is 0 Å². The number of carbonyl (C=O) groups excluding carboxylic acids is 2. The number of hydrogen-bond donors (Lipinski definition) is 2. The molecule has 526 valence electrons. The van der Waals surface area contributed by atoms with Gasteiger partial charge >= 0.3 is 5.97 Å². The number of Topliss-reactive ketones (excluding diaryl/α,β-unsaturated/α-hetero) is 1. The van der Waals surface area contributed by atoms with Crippen LogP contribution in [0.2, 0.25) is 0 Å². The van der Waals surface area contributed by atoms with E-state index < -0.39 is 164 Å². The minimum Gasteiger partial charge on any atom is -0.458 e. The van der Waals surface area contributed by atoms with Crippen molar-refractivity contribution in [3.8, 4) is 0 Å². The Kier molecular flexibility index (Phi) is 23.1. The second-order valence-corrected chi connectivity index (χ2v) is 28.7. The van der Waals surface area contributed by atoms with Crippen molar-refractivity contribution in [3.05, 3.63) is 47.5 Å². The molecule has 0 bridgehead atoms. The van der Waals surface area contributed by atoms with Crippen LogP contribution in [0, 0.1) is 28.6 Å². The highest BCUT2D eigenvalue weighted by Crippen LogP contribution is 2.69. The minimum atomic E-state index is -1.18. The molecule has 9 fully saturated rings. The van der Waals surface area contributed by atoms with Crippen molar-refractivity contribution in [2.75, 3.05) is 42.7 Å². The van der Waals surface area contributed by atoms with Crippen LogP contribution in [0.4, 0.5) is 0 Å². The number of ketones is 1. The Morgan fingerprint density at radius 1 is 0.495 bits per heavy atom. The van der Waals surface area contributed by atoms with Gasteiger partial charge in [-0.25, -0.2) is 4.79 Å². The Labute approximate surface area is 549 Å². The first-order valence-electron chi connectivity index (χ1n) is 34.4. The monoisotopic (exact) mass is 1320 g/mol. The molecule has 6 saturated heterocycles. The molecule has 32 atom stereocenters. The lowest BCUT2D eigenvalue weighted by atomic mass is 9.45. The van der Waals surface area contributed by atoms with Crippen LogP contribution >= 0.6 is 0 Å². The zero-order chi connectivity index (χ0) is 66.4. The number of aliphatic hydroxyl groups excluding tert-OH is 1. The first-order valence-corrected chi connectivity index (χ1v) is 34.4. The highest BCUT2D eigenvalue weighted by atomic mass is 16.8. The molecule has 1 aromatic rings. The summed E-state index contributed by atoms with van der Waals surface area (Å²) >= 11 is 0. The zero-order valence-corrected chi connectivity index (χ0v) is 57.4. The van der Waals surface area contributed by atoms with Crippen molar-refractivity contribution in [2.24, 2.45) is 28.6 Å². The van der Waals surface area contributed by atoms with Crippen molar-refractivity contribution in [1.29, 1.82) is 0 Å². The van der Waals surface area contributed by atoms with Crippen LogP contribution in [0.3, 0.4) is 0 Å². The van der Waals surface area contributed by atoms with E-state index in [-0.39, 0.29) is 41.3 Å². The molecule has 23 heteroatoms. The average molecular weight is 1320 g/mol. The fourth-order valence-electron chi connectivity index (χ4n) is 18.2. The maximum atomic E-state index is 13.8. The number of methoxy groups -OCH3 is 6. The first-order chi connectivity index (χ1) is 44.5. The van der Waals surface area contributed by atoms with Gasteiger partial charge in [0.1, 0.15) is 48.5 Å². The third-order valence-corrected chi connectivity index (χ3v) is 23.5. The Bertz CT molecular complexity index is 2650. The number of fused-ring (bicyclic) bond motifs is 5. The van der Waals surface area contributed by atoms with E-state index >= 15 is 0 Å². The van der Waals surface area contributed by atoms with E-state index in [2.05, 4.69) is 13.0 Å². The smallest absolute Gasteiger partial charge is 0.338 e. The fourth-order valence-corrected chi connectivity index (χ4v) is 18.2. The molecule has 0 unspecified atom stereocenters. The van der Waals surface area contributed by atoms with Gasteiger partial charge in [0, 0.05) is 92.5 Å². The Morgan fingerprint density at radius 3 is 1.28 bits per heavy atom. The molecule has 23 nitrogen and oxygen atoms in total. The van der Waals surface area contributed by atoms with Gasteiger partial charge < -0.3 is 100 Å². The molecule has 6 aliphatic heterocycles. The van der Waals surface area contributed by atoms with Crippen molar-refractivity contribution in [2.45, 2.75) is 311 Å². The molecule has 6 heterocycles. The van der Waals surface area contributed by atoms with Gasteiger partial charge in [0.2, 0.25) is 0 Å². The van der Waals surface area contributed by atoms with Crippen molar-refractivity contribution in [1.82, 2.24) is 0 Å². The lowest BCUT2D eigenvalue weighted by Crippen LogP contribution is -2.66. The summed E-state index contributed by atoms with van der Waals surface area (Å²) in [6, 6.07) is 8.99. The largest absolute Gasteiger partial charge is 0.458 e. The first kappa shape index (κ1) is 71.6. The van der Waals surface area contributed by atoms with Crippen LogP contribution in [-0.2, 0) is 94.8 Å². The molecule has 0 aromatic heterocycles. The molecule has 0 amide bonds. The summed E-state index contributed by atoms with van der Waals surface area (Å²) in [5.41, 5.74) is -0.615. The van der Waals surface area contributed by atoms with Crippen LogP contribution in [0.5, 0.6) is 0 Å². The van der Waals surface area contributed by atoms with Gasteiger partial charge in [-0.1, -0.05) is 43.7 Å².